The first-order chi connectivity index (χ1) is 11.8. The molecule has 0 aromatic heterocycles. The Morgan fingerprint density at radius 1 is 1.16 bits per heavy atom. The molecule has 4 nitrogen and oxygen atoms in total. The fraction of sp³-hybridized carbons (Fsp3) is 0.381. The Hall–Kier alpha value is -2.17. The van der Waals surface area contributed by atoms with Crippen molar-refractivity contribution < 1.29 is 9.90 Å². The number of benzene rings is 2. The largest absolute Gasteiger partial charge is 0.387 e. The fourth-order valence-corrected chi connectivity index (χ4v) is 3.26. The SMILES string of the molecule is Cc1cccc(C(O)CNC(C)c2ccc3c(c2)C(C)(C)C(=O)N3)c1. The summed E-state index contributed by atoms with van der Waals surface area (Å²) in [5.74, 6) is 0.0372. The van der Waals surface area contributed by atoms with Crippen molar-refractivity contribution in [2.24, 2.45) is 0 Å². The number of hydrogen-bond acceptors (Lipinski definition) is 3. The first-order valence-electron chi connectivity index (χ1n) is 8.73. The van der Waals surface area contributed by atoms with Crippen molar-refractivity contribution in [2.45, 2.75) is 45.3 Å². The number of rotatable bonds is 5. The van der Waals surface area contributed by atoms with Gasteiger partial charge in [-0.2, -0.15) is 0 Å². The van der Waals surface area contributed by atoms with Gasteiger partial charge >= 0.3 is 0 Å². The summed E-state index contributed by atoms with van der Waals surface area (Å²) in [4.78, 5) is 12.1. The van der Waals surface area contributed by atoms with E-state index in [4.69, 9.17) is 0 Å². The van der Waals surface area contributed by atoms with Crippen molar-refractivity contribution in [2.75, 3.05) is 11.9 Å². The Morgan fingerprint density at radius 2 is 1.92 bits per heavy atom. The van der Waals surface area contributed by atoms with Crippen molar-refractivity contribution in [3.63, 3.8) is 0 Å². The third-order valence-corrected chi connectivity index (χ3v) is 5.08. The summed E-state index contributed by atoms with van der Waals surface area (Å²) in [5, 5.41) is 16.7. The van der Waals surface area contributed by atoms with Crippen LogP contribution >= 0.6 is 0 Å². The second kappa shape index (κ2) is 6.62. The highest BCUT2D eigenvalue weighted by Crippen LogP contribution is 2.38. The zero-order valence-electron chi connectivity index (χ0n) is 15.3. The Bertz CT molecular complexity index is 798. The van der Waals surface area contributed by atoms with Crippen molar-refractivity contribution in [3.8, 4) is 0 Å². The van der Waals surface area contributed by atoms with Gasteiger partial charge in [-0.15, -0.1) is 0 Å². The topological polar surface area (TPSA) is 61.4 Å². The van der Waals surface area contributed by atoms with Crippen LogP contribution in [0.2, 0.25) is 0 Å². The van der Waals surface area contributed by atoms with Crippen LogP contribution in [0.15, 0.2) is 42.5 Å². The van der Waals surface area contributed by atoms with Gasteiger partial charge in [0, 0.05) is 18.3 Å². The van der Waals surface area contributed by atoms with Crippen LogP contribution in [0.1, 0.15) is 55.2 Å². The Labute approximate surface area is 149 Å². The smallest absolute Gasteiger partial charge is 0.234 e. The second-order valence-corrected chi connectivity index (χ2v) is 7.44. The van der Waals surface area contributed by atoms with Gasteiger partial charge < -0.3 is 15.7 Å². The highest BCUT2D eigenvalue weighted by molar-refractivity contribution is 6.05. The summed E-state index contributed by atoms with van der Waals surface area (Å²) < 4.78 is 0. The number of anilines is 1. The van der Waals surface area contributed by atoms with Crippen molar-refractivity contribution in [1.82, 2.24) is 5.32 Å². The number of aliphatic hydroxyl groups excluding tert-OH is 1. The lowest BCUT2D eigenvalue weighted by atomic mass is 9.85. The fourth-order valence-electron chi connectivity index (χ4n) is 3.26. The molecule has 0 bridgehead atoms. The Morgan fingerprint density at radius 3 is 2.64 bits per heavy atom. The van der Waals surface area contributed by atoms with Crippen molar-refractivity contribution in [3.05, 3.63) is 64.7 Å². The second-order valence-electron chi connectivity index (χ2n) is 7.44. The summed E-state index contributed by atoms with van der Waals surface area (Å²) in [5.41, 5.74) is 4.59. The van der Waals surface area contributed by atoms with Gasteiger partial charge in [0.2, 0.25) is 5.91 Å². The van der Waals surface area contributed by atoms with E-state index < -0.39 is 11.5 Å². The standard InChI is InChI=1S/C21H26N2O2/c1-13-6-5-7-16(10-13)19(24)12-22-14(2)15-8-9-18-17(11-15)21(3,4)20(25)23-18/h5-11,14,19,22,24H,12H2,1-4H3,(H,23,25). The molecule has 0 saturated heterocycles. The quantitative estimate of drug-likeness (QED) is 0.780. The molecule has 25 heavy (non-hydrogen) atoms. The summed E-state index contributed by atoms with van der Waals surface area (Å²) in [6.07, 6.45) is -0.545. The van der Waals surface area contributed by atoms with Gasteiger partial charge in [0.15, 0.2) is 0 Å². The molecule has 0 aliphatic carbocycles. The molecule has 0 radical (unpaired) electrons. The minimum absolute atomic E-state index is 0.0372. The monoisotopic (exact) mass is 338 g/mol. The third-order valence-electron chi connectivity index (χ3n) is 5.08. The first kappa shape index (κ1) is 17.6. The highest BCUT2D eigenvalue weighted by Gasteiger charge is 2.38. The van der Waals surface area contributed by atoms with Gasteiger partial charge in [-0.25, -0.2) is 0 Å². The maximum atomic E-state index is 12.1. The normalized spacial score (nSPS) is 17.7. The number of amides is 1. The molecule has 0 spiro atoms. The minimum Gasteiger partial charge on any atom is -0.387 e. The molecular weight excluding hydrogens is 312 g/mol. The van der Waals surface area contributed by atoms with Gasteiger partial charge in [-0.05, 0) is 50.5 Å². The van der Waals surface area contributed by atoms with Crippen LogP contribution in [0.5, 0.6) is 0 Å². The van der Waals surface area contributed by atoms with Crippen LogP contribution in [0.3, 0.4) is 0 Å². The average Bonchev–Trinajstić information content (AvgIpc) is 2.81. The molecule has 3 rings (SSSR count). The highest BCUT2D eigenvalue weighted by atomic mass is 16.3. The van der Waals surface area contributed by atoms with Crippen LogP contribution in [0.4, 0.5) is 5.69 Å². The van der Waals surface area contributed by atoms with E-state index in [1.807, 2.05) is 57.2 Å². The summed E-state index contributed by atoms with van der Waals surface area (Å²) in [7, 11) is 0. The van der Waals surface area contributed by atoms with Crippen LogP contribution in [0.25, 0.3) is 0 Å². The van der Waals surface area contributed by atoms with E-state index in [0.717, 1.165) is 27.9 Å². The van der Waals surface area contributed by atoms with E-state index in [1.165, 1.54) is 0 Å². The molecule has 1 aliphatic heterocycles. The number of carbonyl (C=O) groups excluding carboxylic acids is 1. The minimum atomic E-state index is -0.545. The summed E-state index contributed by atoms with van der Waals surface area (Å²) >= 11 is 0. The summed E-state index contributed by atoms with van der Waals surface area (Å²) in [6.45, 7) is 8.45. The van der Waals surface area contributed by atoms with Crippen molar-refractivity contribution in [1.29, 1.82) is 0 Å². The van der Waals surface area contributed by atoms with Gasteiger partial charge in [0.05, 0.1) is 11.5 Å². The van der Waals surface area contributed by atoms with E-state index in [2.05, 4.69) is 23.6 Å². The van der Waals surface area contributed by atoms with E-state index in [1.54, 1.807) is 0 Å². The molecule has 2 aromatic carbocycles. The third kappa shape index (κ3) is 3.46. The molecule has 4 heteroatoms. The Kier molecular flexibility index (Phi) is 4.67. The molecule has 1 amide bonds. The van der Waals surface area contributed by atoms with E-state index in [9.17, 15) is 9.90 Å². The van der Waals surface area contributed by atoms with Gasteiger partial charge in [0.1, 0.15) is 0 Å². The molecule has 2 unspecified atom stereocenters. The number of carbonyl (C=O) groups is 1. The van der Waals surface area contributed by atoms with Gasteiger partial charge in [0.25, 0.3) is 0 Å². The molecule has 2 atom stereocenters. The van der Waals surface area contributed by atoms with Crippen molar-refractivity contribution >= 4 is 11.6 Å². The summed E-state index contributed by atoms with van der Waals surface area (Å²) in [6, 6.07) is 14.1. The predicted octanol–water partition coefficient (Wildman–Crippen LogP) is 3.61. The molecule has 0 fully saturated rings. The van der Waals surface area contributed by atoms with Crippen LogP contribution in [-0.4, -0.2) is 17.6 Å². The molecule has 2 aromatic rings. The van der Waals surface area contributed by atoms with Crippen LogP contribution in [0, 0.1) is 6.92 Å². The molecular formula is C21H26N2O2. The number of nitrogens with one attached hydrogen (secondary N) is 2. The lowest BCUT2D eigenvalue weighted by molar-refractivity contribution is -0.119. The predicted molar refractivity (Wildman–Crippen MR) is 101 cm³/mol. The molecule has 132 valence electrons. The zero-order valence-corrected chi connectivity index (χ0v) is 15.3. The van der Waals surface area contributed by atoms with Gasteiger partial charge in [-0.1, -0.05) is 42.0 Å². The molecule has 3 N–H and O–H groups in total. The maximum Gasteiger partial charge on any atom is 0.234 e. The van der Waals surface area contributed by atoms with Crippen LogP contribution in [-0.2, 0) is 10.2 Å². The van der Waals surface area contributed by atoms with Gasteiger partial charge in [-0.3, -0.25) is 4.79 Å². The van der Waals surface area contributed by atoms with E-state index in [0.29, 0.717) is 6.54 Å². The lowest BCUT2D eigenvalue weighted by Crippen LogP contribution is -2.27. The number of fused-ring (bicyclic) bond motifs is 1. The Balaban J connectivity index is 1.69. The number of aryl methyl sites for hydroxylation is 1. The van der Waals surface area contributed by atoms with E-state index >= 15 is 0 Å². The average molecular weight is 338 g/mol. The molecule has 1 heterocycles. The molecule has 0 saturated carbocycles. The van der Waals surface area contributed by atoms with Crippen LogP contribution < -0.4 is 10.6 Å². The first-order valence-corrected chi connectivity index (χ1v) is 8.73. The molecule has 1 aliphatic rings. The number of hydrogen-bond donors (Lipinski definition) is 3. The van der Waals surface area contributed by atoms with E-state index in [-0.39, 0.29) is 11.9 Å². The number of aliphatic hydroxyl groups is 1. The maximum absolute atomic E-state index is 12.1. The zero-order chi connectivity index (χ0) is 18.2. The lowest BCUT2D eigenvalue weighted by Gasteiger charge is -2.20.